The van der Waals surface area contributed by atoms with Crippen LogP contribution >= 0.6 is 0 Å². The quantitative estimate of drug-likeness (QED) is 0.411. The molecule has 6 heteroatoms. The maximum absolute atomic E-state index is 12.8. The molecule has 0 saturated carbocycles. The lowest BCUT2D eigenvalue weighted by atomic mass is 10.1. The molecular formula is C21H19N3O3. The highest BCUT2D eigenvalue weighted by Crippen LogP contribution is 2.27. The molecule has 0 spiro atoms. The number of hydrogen-bond acceptors (Lipinski definition) is 4. The highest BCUT2D eigenvalue weighted by molar-refractivity contribution is 5.75. The number of hydrogen-bond donors (Lipinski definition) is 0. The van der Waals surface area contributed by atoms with Gasteiger partial charge in [0.1, 0.15) is 11.5 Å². The third-order valence-corrected chi connectivity index (χ3v) is 4.54. The van der Waals surface area contributed by atoms with E-state index < -0.39 is 0 Å². The minimum atomic E-state index is 0.511. The molecule has 136 valence electrons. The highest BCUT2D eigenvalue weighted by Gasteiger charge is 2.20. The van der Waals surface area contributed by atoms with Crippen LogP contribution in [0.3, 0.4) is 0 Å². The van der Waals surface area contributed by atoms with Gasteiger partial charge in [-0.05, 0) is 48.5 Å². The average Bonchev–Trinajstić information content (AvgIpc) is 3.12. The van der Waals surface area contributed by atoms with Crippen molar-refractivity contribution in [1.82, 2.24) is 9.38 Å². The van der Waals surface area contributed by atoms with Crippen LogP contribution in [-0.2, 0) is 0 Å². The Morgan fingerprint density at radius 2 is 1.41 bits per heavy atom. The monoisotopic (exact) mass is 361 g/mol. The molecule has 0 aliphatic carbocycles. The third-order valence-electron chi connectivity index (χ3n) is 4.54. The van der Waals surface area contributed by atoms with Crippen molar-refractivity contribution in [2.45, 2.75) is 6.92 Å². The van der Waals surface area contributed by atoms with Crippen LogP contribution in [0.4, 0.5) is 0 Å². The van der Waals surface area contributed by atoms with Crippen LogP contribution in [0.1, 0.15) is 5.69 Å². The van der Waals surface area contributed by atoms with Gasteiger partial charge in [0.05, 0.1) is 31.7 Å². The molecule has 0 atom stereocenters. The van der Waals surface area contributed by atoms with E-state index in [9.17, 15) is 5.21 Å². The Morgan fingerprint density at radius 1 is 0.852 bits per heavy atom. The molecule has 0 fully saturated rings. The van der Waals surface area contributed by atoms with Crippen LogP contribution in [0.5, 0.6) is 11.5 Å². The predicted octanol–water partition coefficient (Wildman–Crippen LogP) is 3.63. The van der Waals surface area contributed by atoms with Crippen molar-refractivity contribution in [2.24, 2.45) is 0 Å². The zero-order chi connectivity index (χ0) is 19.0. The molecule has 4 aromatic rings. The van der Waals surface area contributed by atoms with Gasteiger partial charge in [-0.2, -0.15) is 4.73 Å². The number of methoxy groups -OCH3 is 2. The fraction of sp³-hybridized carbons (Fsp3) is 0.143. The van der Waals surface area contributed by atoms with E-state index in [4.69, 9.17) is 14.5 Å². The standard InChI is InChI=1S/C21H19N3O3/c1-14-12-23-13-19(15-4-8-17(26-2)9-5-15)22-21(23)20(24(14)25)16-6-10-18(27-3)11-7-16/h4-13H,1-3H3. The molecule has 0 saturated heterocycles. The van der Waals surface area contributed by atoms with Gasteiger partial charge in [-0.1, -0.05) is 0 Å². The van der Waals surface area contributed by atoms with Gasteiger partial charge in [-0.15, -0.1) is 0 Å². The van der Waals surface area contributed by atoms with Crippen LogP contribution in [-0.4, -0.2) is 23.6 Å². The first-order chi connectivity index (χ1) is 13.1. The summed E-state index contributed by atoms with van der Waals surface area (Å²) in [5.74, 6) is 1.52. The zero-order valence-electron chi connectivity index (χ0n) is 15.3. The van der Waals surface area contributed by atoms with E-state index in [1.54, 1.807) is 27.3 Å². The molecule has 2 aromatic carbocycles. The van der Waals surface area contributed by atoms with Gasteiger partial charge in [0, 0.05) is 18.7 Å². The molecule has 0 aliphatic rings. The van der Waals surface area contributed by atoms with Gasteiger partial charge >= 0.3 is 0 Å². The number of benzene rings is 2. The van der Waals surface area contributed by atoms with Crippen molar-refractivity contribution in [3.05, 3.63) is 71.8 Å². The minimum absolute atomic E-state index is 0.511. The van der Waals surface area contributed by atoms with Gasteiger partial charge in [-0.3, -0.25) is 4.40 Å². The summed E-state index contributed by atoms with van der Waals surface area (Å²) in [6.45, 7) is 1.78. The maximum atomic E-state index is 12.8. The summed E-state index contributed by atoms with van der Waals surface area (Å²) in [5, 5.41) is 12.8. The van der Waals surface area contributed by atoms with E-state index in [1.165, 1.54) is 0 Å². The van der Waals surface area contributed by atoms with Gasteiger partial charge in [0.2, 0.25) is 11.3 Å². The lowest BCUT2D eigenvalue weighted by Gasteiger charge is -2.09. The number of rotatable bonds is 4. The summed E-state index contributed by atoms with van der Waals surface area (Å²) in [5.41, 5.74) is 4.23. The number of fused-ring (bicyclic) bond motifs is 1. The number of aromatic nitrogens is 3. The van der Waals surface area contributed by atoms with Gasteiger partial charge in [-0.25, -0.2) is 4.98 Å². The van der Waals surface area contributed by atoms with E-state index in [0.29, 0.717) is 17.0 Å². The summed E-state index contributed by atoms with van der Waals surface area (Å²) >= 11 is 0. The Balaban J connectivity index is 1.89. The SMILES string of the molecule is COc1ccc(-c2cn3cc(C)[n+]([O-])c(-c4ccc(OC)cc4)c3n2)cc1. The Hall–Kier alpha value is -3.54. The van der Waals surface area contributed by atoms with E-state index in [1.807, 2.05) is 59.1 Å². The second-order valence-electron chi connectivity index (χ2n) is 6.23. The molecule has 2 heterocycles. The van der Waals surface area contributed by atoms with Crippen LogP contribution in [0, 0.1) is 12.1 Å². The first-order valence-electron chi connectivity index (χ1n) is 8.51. The molecule has 0 radical (unpaired) electrons. The van der Waals surface area contributed by atoms with Crippen molar-refractivity contribution < 1.29 is 14.2 Å². The summed E-state index contributed by atoms with van der Waals surface area (Å²) in [6.07, 6.45) is 3.71. The molecule has 4 rings (SSSR count). The van der Waals surface area contributed by atoms with Crippen molar-refractivity contribution in [2.75, 3.05) is 14.2 Å². The van der Waals surface area contributed by atoms with Crippen LogP contribution in [0.2, 0.25) is 0 Å². The number of nitrogens with zero attached hydrogens (tertiary/aromatic N) is 3. The molecule has 0 unspecified atom stereocenters. The fourth-order valence-electron chi connectivity index (χ4n) is 3.08. The van der Waals surface area contributed by atoms with Crippen LogP contribution < -0.4 is 14.2 Å². The molecule has 2 aromatic heterocycles. The lowest BCUT2D eigenvalue weighted by molar-refractivity contribution is -0.600. The van der Waals surface area contributed by atoms with Gasteiger partial charge < -0.3 is 14.7 Å². The zero-order valence-corrected chi connectivity index (χ0v) is 15.3. The van der Waals surface area contributed by atoms with Crippen molar-refractivity contribution in [3.8, 4) is 34.0 Å². The highest BCUT2D eigenvalue weighted by atomic mass is 16.5. The normalized spacial score (nSPS) is 10.9. The largest absolute Gasteiger partial charge is 0.618 e. The summed E-state index contributed by atoms with van der Waals surface area (Å²) < 4.78 is 13.2. The molecular weight excluding hydrogens is 342 g/mol. The van der Waals surface area contributed by atoms with Crippen molar-refractivity contribution >= 4 is 5.65 Å². The van der Waals surface area contributed by atoms with Gasteiger partial charge in [0.15, 0.2) is 0 Å². The Morgan fingerprint density at radius 3 is 1.96 bits per heavy atom. The van der Waals surface area contributed by atoms with Crippen molar-refractivity contribution in [1.29, 1.82) is 0 Å². The second kappa shape index (κ2) is 6.64. The number of ether oxygens (including phenoxy) is 2. The fourth-order valence-corrected chi connectivity index (χ4v) is 3.08. The Bertz CT molecular complexity index is 1100. The van der Waals surface area contributed by atoms with E-state index in [0.717, 1.165) is 33.1 Å². The number of imidazole rings is 1. The first-order valence-corrected chi connectivity index (χ1v) is 8.51. The van der Waals surface area contributed by atoms with Crippen LogP contribution in [0.25, 0.3) is 28.2 Å². The van der Waals surface area contributed by atoms with Crippen LogP contribution in [0.15, 0.2) is 60.9 Å². The van der Waals surface area contributed by atoms with Crippen molar-refractivity contribution in [3.63, 3.8) is 0 Å². The maximum Gasteiger partial charge on any atom is 0.267 e. The van der Waals surface area contributed by atoms with E-state index >= 15 is 0 Å². The Labute approximate surface area is 156 Å². The predicted molar refractivity (Wildman–Crippen MR) is 103 cm³/mol. The minimum Gasteiger partial charge on any atom is -0.618 e. The first kappa shape index (κ1) is 16.9. The molecule has 0 N–H and O–H groups in total. The lowest BCUT2D eigenvalue weighted by Crippen LogP contribution is -2.34. The summed E-state index contributed by atoms with van der Waals surface area (Å²) in [6, 6.07) is 15.1. The van der Waals surface area contributed by atoms with E-state index in [-0.39, 0.29) is 0 Å². The molecule has 0 bridgehead atoms. The summed E-state index contributed by atoms with van der Waals surface area (Å²) in [7, 11) is 3.25. The number of aryl methyl sites for hydroxylation is 1. The smallest absolute Gasteiger partial charge is 0.267 e. The third kappa shape index (κ3) is 2.95. The molecule has 27 heavy (non-hydrogen) atoms. The second-order valence-corrected chi connectivity index (χ2v) is 6.23. The average molecular weight is 361 g/mol. The Kier molecular flexibility index (Phi) is 4.16. The van der Waals surface area contributed by atoms with Gasteiger partial charge in [0.25, 0.3) is 5.69 Å². The molecule has 6 nitrogen and oxygen atoms in total. The summed E-state index contributed by atoms with van der Waals surface area (Å²) in [4.78, 5) is 4.73. The van der Waals surface area contributed by atoms with E-state index in [2.05, 4.69) is 0 Å². The topological polar surface area (TPSA) is 62.7 Å². The molecule has 0 amide bonds. The molecule has 0 aliphatic heterocycles.